The largest absolute Gasteiger partial charge is 0.496 e. The zero-order chi connectivity index (χ0) is 14.1. The molecule has 0 radical (unpaired) electrons. The Morgan fingerprint density at radius 1 is 0.850 bits per heavy atom. The lowest BCUT2D eigenvalue weighted by Gasteiger charge is -2.16. The Kier molecular flexibility index (Phi) is 3.19. The van der Waals surface area contributed by atoms with Gasteiger partial charge in [0.15, 0.2) is 0 Å². The molecule has 0 fully saturated rings. The van der Waals surface area contributed by atoms with Crippen LogP contribution >= 0.6 is 0 Å². The molecule has 0 aliphatic heterocycles. The smallest absolute Gasteiger partial charge is 0.126 e. The van der Waals surface area contributed by atoms with E-state index in [4.69, 9.17) is 4.74 Å². The van der Waals surface area contributed by atoms with Gasteiger partial charge in [-0.05, 0) is 47.4 Å². The average Bonchev–Trinajstić information content (AvgIpc) is 2.49. The number of fused-ring (bicyclic) bond motifs is 1. The summed E-state index contributed by atoms with van der Waals surface area (Å²) in [6.45, 7) is 4.35. The van der Waals surface area contributed by atoms with Crippen LogP contribution in [0.4, 0.5) is 0 Å². The Hall–Kier alpha value is -2.28. The highest BCUT2D eigenvalue weighted by Gasteiger charge is 2.13. The van der Waals surface area contributed by atoms with Gasteiger partial charge in [-0.25, -0.2) is 0 Å². The van der Waals surface area contributed by atoms with Gasteiger partial charge in [0.25, 0.3) is 0 Å². The van der Waals surface area contributed by atoms with E-state index in [1.807, 2.05) is 12.1 Å². The molecule has 0 bridgehead atoms. The van der Waals surface area contributed by atoms with Crippen LogP contribution in [0.3, 0.4) is 0 Å². The Bertz CT molecular complexity index is 772. The lowest BCUT2D eigenvalue weighted by Crippen LogP contribution is -1.93. The van der Waals surface area contributed by atoms with Crippen LogP contribution in [0.15, 0.2) is 54.6 Å². The van der Waals surface area contributed by atoms with E-state index >= 15 is 0 Å². The fraction of sp³-hybridized carbons (Fsp3) is 0.158. The SMILES string of the molecule is COc1ccccc1-c1c(C)c(C)cc2ccccc12. The average molecular weight is 262 g/mol. The summed E-state index contributed by atoms with van der Waals surface area (Å²) in [6.07, 6.45) is 0. The van der Waals surface area contributed by atoms with Crippen LogP contribution in [0.25, 0.3) is 21.9 Å². The topological polar surface area (TPSA) is 9.23 Å². The van der Waals surface area contributed by atoms with Gasteiger partial charge in [-0.3, -0.25) is 0 Å². The standard InChI is InChI=1S/C19H18O/c1-13-12-15-8-4-5-9-16(15)19(14(13)2)17-10-6-7-11-18(17)20-3/h4-12H,1-3H3. The van der Waals surface area contributed by atoms with Gasteiger partial charge >= 0.3 is 0 Å². The van der Waals surface area contributed by atoms with E-state index in [1.54, 1.807) is 7.11 Å². The summed E-state index contributed by atoms with van der Waals surface area (Å²) in [5.41, 5.74) is 5.06. The lowest BCUT2D eigenvalue weighted by atomic mass is 9.90. The van der Waals surface area contributed by atoms with Crippen LogP contribution in [0.2, 0.25) is 0 Å². The van der Waals surface area contributed by atoms with Gasteiger partial charge in [0.05, 0.1) is 7.11 Å². The van der Waals surface area contributed by atoms with Crippen LogP contribution < -0.4 is 4.74 Å². The molecule has 3 aromatic rings. The number of aryl methyl sites for hydroxylation is 1. The van der Waals surface area contributed by atoms with Crippen molar-refractivity contribution in [2.24, 2.45) is 0 Å². The number of benzene rings is 3. The van der Waals surface area contributed by atoms with E-state index in [9.17, 15) is 0 Å². The van der Waals surface area contributed by atoms with Crippen molar-refractivity contribution in [2.45, 2.75) is 13.8 Å². The molecule has 0 saturated carbocycles. The summed E-state index contributed by atoms with van der Waals surface area (Å²) in [5.74, 6) is 0.923. The maximum absolute atomic E-state index is 5.54. The third kappa shape index (κ3) is 1.96. The van der Waals surface area contributed by atoms with Crippen molar-refractivity contribution in [2.75, 3.05) is 7.11 Å². The van der Waals surface area contributed by atoms with E-state index in [0.717, 1.165) is 11.3 Å². The molecule has 0 aliphatic carbocycles. The first-order chi connectivity index (χ1) is 9.72. The molecular formula is C19H18O. The first kappa shape index (κ1) is 12.7. The maximum Gasteiger partial charge on any atom is 0.126 e. The molecule has 0 aromatic heterocycles. The minimum atomic E-state index is 0.923. The first-order valence-corrected chi connectivity index (χ1v) is 6.84. The molecule has 3 rings (SSSR count). The Labute approximate surface area is 119 Å². The molecular weight excluding hydrogens is 244 g/mol. The lowest BCUT2D eigenvalue weighted by molar-refractivity contribution is 0.416. The number of methoxy groups -OCH3 is 1. The Morgan fingerprint density at radius 2 is 1.55 bits per heavy atom. The molecule has 0 N–H and O–H groups in total. The van der Waals surface area contributed by atoms with Crippen molar-refractivity contribution in [3.05, 3.63) is 65.7 Å². The van der Waals surface area contributed by atoms with E-state index in [2.05, 4.69) is 56.3 Å². The number of hydrogen-bond acceptors (Lipinski definition) is 1. The Balaban J connectivity index is 2.43. The van der Waals surface area contributed by atoms with Crippen molar-refractivity contribution in [3.63, 3.8) is 0 Å². The summed E-state index contributed by atoms with van der Waals surface area (Å²) in [4.78, 5) is 0. The molecule has 1 heteroatoms. The number of ether oxygens (including phenoxy) is 1. The van der Waals surface area contributed by atoms with Crippen LogP contribution in [0.5, 0.6) is 5.75 Å². The van der Waals surface area contributed by atoms with Gasteiger partial charge in [-0.15, -0.1) is 0 Å². The van der Waals surface area contributed by atoms with Gasteiger partial charge < -0.3 is 4.74 Å². The van der Waals surface area contributed by atoms with E-state index < -0.39 is 0 Å². The molecule has 3 aromatic carbocycles. The molecule has 1 nitrogen and oxygen atoms in total. The second kappa shape index (κ2) is 5.01. The fourth-order valence-electron chi connectivity index (χ4n) is 2.79. The predicted octanol–water partition coefficient (Wildman–Crippen LogP) is 5.13. The highest BCUT2D eigenvalue weighted by Crippen LogP contribution is 2.38. The number of para-hydroxylation sites is 1. The van der Waals surface area contributed by atoms with E-state index in [1.165, 1.54) is 27.5 Å². The van der Waals surface area contributed by atoms with Gasteiger partial charge in [-0.2, -0.15) is 0 Å². The number of hydrogen-bond donors (Lipinski definition) is 0. The molecule has 100 valence electrons. The summed E-state index contributed by atoms with van der Waals surface area (Å²) in [6, 6.07) is 19.0. The quantitative estimate of drug-likeness (QED) is 0.622. The Morgan fingerprint density at radius 3 is 2.35 bits per heavy atom. The molecule has 0 aliphatic rings. The summed E-state index contributed by atoms with van der Waals surface area (Å²) in [7, 11) is 1.73. The third-order valence-corrected chi connectivity index (χ3v) is 3.94. The predicted molar refractivity (Wildman–Crippen MR) is 85.4 cm³/mol. The minimum absolute atomic E-state index is 0.923. The maximum atomic E-state index is 5.54. The van der Waals surface area contributed by atoms with Crippen molar-refractivity contribution in [3.8, 4) is 16.9 Å². The van der Waals surface area contributed by atoms with Crippen LogP contribution in [-0.4, -0.2) is 7.11 Å². The van der Waals surface area contributed by atoms with Crippen LogP contribution in [0.1, 0.15) is 11.1 Å². The van der Waals surface area contributed by atoms with E-state index in [-0.39, 0.29) is 0 Å². The highest BCUT2D eigenvalue weighted by atomic mass is 16.5. The van der Waals surface area contributed by atoms with Crippen LogP contribution in [0, 0.1) is 13.8 Å². The van der Waals surface area contributed by atoms with Gasteiger partial charge in [0.2, 0.25) is 0 Å². The molecule has 0 atom stereocenters. The molecule has 0 heterocycles. The molecule has 0 saturated heterocycles. The molecule has 0 amide bonds. The zero-order valence-electron chi connectivity index (χ0n) is 12.1. The first-order valence-electron chi connectivity index (χ1n) is 6.84. The summed E-state index contributed by atoms with van der Waals surface area (Å²) < 4.78 is 5.54. The molecule has 20 heavy (non-hydrogen) atoms. The van der Waals surface area contributed by atoms with Crippen molar-refractivity contribution < 1.29 is 4.74 Å². The monoisotopic (exact) mass is 262 g/mol. The third-order valence-electron chi connectivity index (χ3n) is 3.94. The summed E-state index contributed by atoms with van der Waals surface area (Å²) in [5, 5.41) is 2.55. The second-order valence-corrected chi connectivity index (χ2v) is 5.11. The summed E-state index contributed by atoms with van der Waals surface area (Å²) >= 11 is 0. The fourth-order valence-corrected chi connectivity index (χ4v) is 2.79. The highest BCUT2D eigenvalue weighted by molar-refractivity contribution is 6.00. The zero-order valence-corrected chi connectivity index (χ0v) is 12.1. The van der Waals surface area contributed by atoms with Crippen LogP contribution in [-0.2, 0) is 0 Å². The second-order valence-electron chi connectivity index (χ2n) is 5.11. The van der Waals surface area contributed by atoms with E-state index in [0.29, 0.717) is 0 Å². The van der Waals surface area contributed by atoms with Gasteiger partial charge in [0.1, 0.15) is 5.75 Å². The minimum Gasteiger partial charge on any atom is -0.496 e. The van der Waals surface area contributed by atoms with Crippen molar-refractivity contribution in [1.29, 1.82) is 0 Å². The van der Waals surface area contributed by atoms with Gasteiger partial charge in [0, 0.05) is 5.56 Å². The molecule has 0 spiro atoms. The van der Waals surface area contributed by atoms with Gasteiger partial charge in [-0.1, -0.05) is 48.5 Å². The van der Waals surface area contributed by atoms with Crippen molar-refractivity contribution in [1.82, 2.24) is 0 Å². The molecule has 0 unspecified atom stereocenters. The van der Waals surface area contributed by atoms with Crippen molar-refractivity contribution >= 4 is 10.8 Å². The normalized spacial score (nSPS) is 10.8. The number of rotatable bonds is 2.